The number of hydrogen-bond donors (Lipinski definition) is 0. The van der Waals surface area contributed by atoms with Gasteiger partial charge in [-0.2, -0.15) is 0 Å². The van der Waals surface area contributed by atoms with Crippen molar-refractivity contribution in [3.63, 3.8) is 0 Å². The van der Waals surface area contributed by atoms with E-state index < -0.39 is 0 Å². The summed E-state index contributed by atoms with van der Waals surface area (Å²) in [4.78, 5) is 0. The summed E-state index contributed by atoms with van der Waals surface area (Å²) in [5, 5.41) is 9.03. The summed E-state index contributed by atoms with van der Waals surface area (Å²) in [5.41, 5.74) is 2.20. The van der Waals surface area contributed by atoms with Crippen molar-refractivity contribution in [1.29, 1.82) is 0 Å². The van der Waals surface area contributed by atoms with Crippen LogP contribution in [0, 0.1) is 6.92 Å². The fourth-order valence-corrected chi connectivity index (χ4v) is 2.03. The molecule has 1 heterocycles. The first-order valence-electron chi connectivity index (χ1n) is 5.92. The summed E-state index contributed by atoms with van der Waals surface area (Å²) in [6, 6.07) is 8.03. The van der Waals surface area contributed by atoms with Crippen molar-refractivity contribution in [2.45, 2.75) is 19.9 Å². The van der Waals surface area contributed by atoms with Crippen LogP contribution in [-0.2, 0) is 13.0 Å². The average Bonchev–Trinajstić information content (AvgIpc) is 2.78. The van der Waals surface area contributed by atoms with Crippen molar-refractivity contribution in [3.05, 3.63) is 41.7 Å². The molecule has 0 radical (unpaired) electrons. The number of halogens is 1. The van der Waals surface area contributed by atoms with Crippen LogP contribution in [-0.4, -0.2) is 26.9 Å². The molecule has 0 aliphatic heterocycles. The van der Waals surface area contributed by atoms with E-state index in [0.29, 0.717) is 13.2 Å². The first-order valence-corrected chi connectivity index (χ1v) is 7.04. The van der Waals surface area contributed by atoms with Gasteiger partial charge < -0.3 is 4.74 Å². The smallest absolute Gasteiger partial charge is 0.119 e. The summed E-state index contributed by atoms with van der Waals surface area (Å²) >= 11 is 3.38. The minimum absolute atomic E-state index is 0.598. The van der Waals surface area contributed by atoms with Crippen LogP contribution >= 0.6 is 15.9 Å². The van der Waals surface area contributed by atoms with Crippen molar-refractivity contribution < 1.29 is 4.74 Å². The predicted octanol–water partition coefficient (Wildman–Crippen LogP) is 2.60. The van der Waals surface area contributed by atoms with Crippen molar-refractivity contribution in [2.24, 2.45) is 0 Å². The van der Waals surface area contributed by atoms with Gasteiger partial charge in [-0.15, -0.1) is 5.10 Å². The fourth-order valence-electron chi connectivity index (χ4n) is 1.62. The van der Waals surface area contributed by atoms with Crippen LogP contribution in [0.5, 0.6) is 5.75 Å². The minimum Gasteiger partial charge on any atom is -0.492 e. The monoisotopic (exact) mass is 309 g/mol. The highest BCUT2D eigenvalue weighted by molar-refractivity contribution is 9.09. The van der Waals surface area contributed by atoms with Crippen LogP contribution in [0.3, 0.4) is 0 Å². The van der Waals surface area contributed by atoms with E-state index in [1.165, 1.54) is 5.56 Å². The SMILES string of the molecule is Cc1cccc(OCCn2cc(CCBr)nn2)c1. The molecule has 0 aliphatic carbocycles. The third-order valence-electron chi connectivity index (χ3n) is 2.52. The topological polar surface area (TPSA) is 39.9 Å². The molecule has 1 aromatic heterocycles. The third-order valence-corrected chi connectivity index (χ3v) is 2.91. The quantitative estimate of drug-likeness (QED) is 0.770. The van der Waals surface area contributed by atoms with E-state index in [4.69, 9.17) is 4.74 Å². The molecule has 0 saturated carbocycles. The number of nitrogens with zero attached hydrogens (tertiary/aromatic N) is 3. The van der Waals surface area contributed by atoms with E-state index in [1.54, 1.807) is 0 Å². The number of benzene rings is 1. The maximum atomic E-state index is 5.66. The van der Waals surface area contributed by atoms with Gasteiger partial charge in [-0.1, -0.05) is 33.3 Å². The van der Waals surface area contributed by atoms with Crippen LogP contribution in [0.2, 0.25) is 0 Å². The zero-order valence-electron chi connectivity index (χ0n) is 10.3. The van der Waals surface area contributed by atoms with Gasteiger partial charge in [0.1, 0.15) is 12.4 Å². The maximum absolute atomic E-state index is 5.66. The molecule has 0 aliphatic rings. The summed E-state index contributed by atoms with van der Waals surface area (Å²) < 4.78 is 7.48. The molecule has 18 heavy (non-hydrogen) atoms. The van der Waals surface area contributed by atoms with E-state index >= 15 is 0 Å². The number of alkyl halides is 1. The second-order valence-corrected chi connectivity index (χ2v) is 4.87. The van der Waals surface area contributed by atoms with Crippen molar-refractivity contribution in [1.82, 2.24) is 15.0 Å². The van der Waals surface area contributed by atoms with Crippen LogP contribution in [0.1, 0.15) is 11.3 Å². The third kappa shape index (κ3) is 3.84. The first kappa shape index (κ1) is 13.1. The number of ether oxygens (including phenoxy) is 1. The van der Waals surface area contributed by atoms with Crippen molar-refractivity contribution in [3.8, 4) is 5.75 Å². The lowest BCUT2D eigenvalue weighted by Crippen LogP contribution is -2.08. The van der Waals surface area contributed by atoms with Crippen LogP contribution < -0.4 is 4.74 Å². The maximum Gasteiger partial charge on any atom is 0.119 e. The second-order valence-electron chi connectivity index (χ2n) is 4.08. The molecule has 5 heteroatoms. The summed E-state index contributed by atoms with van der Waals surface area (Å²) in [6.07, 6.45) is 2.86. The highest BCUT2D eigenvalue weighted by Gasteiger charge is 2.00. The normalized spacial score (nSPS) is 10.6. The largest absolute Gasteiger partial charge is 0.492 e. The molecule has 0 amide bonds. The van der Waals surface area contributed by atoms with Gasteiger partial charge in [-0.05, 0) is 24.6 Å². The molecule has 0 fully saturated rings. The van der Waals surface area contributed by atoms with Crippen molar-refractivity contribution in [2.75, 3.05) is 11.9 Å². The van der Waals surface area contributed by atoms with E-state index in [1.807, 2.05) is 29.1 Å². The van der Waals surface area contributed by atoms with Crippen molar-refractivity contribution >= 4 is 15.9 Å². The van der Waals surface area contributed by atoms with Gasteiger partial charge in [-0.3, -0.25) is 0 Å². The molecular weight excluding hydrogens is 294 g/mol. The van der Waals surface area contributed by atoms with Gasteiger partial charge in [-0.25, -0.2) is 4.68 Å². The highest BCUT2D eigenvalue weighted by atomic mass is 79.9. The highest BCUT2D eigenvalue weighted by Crippen LogP contribution is 2.12. The number of hydrogen-bond acceptors (Lipinski definition) is 3. The summed E-state index contributed by atoms with van der Waals surface area (Å²) in [5.74, 6) is 0.899. The molecule has 4 nitrogen and oxygen atoms in total. The van der Waals surface area contributed by atoms with E-state index in [9.17, 15) is 0 Å². The molecule has 2 rings (SSSR count). The zero-order valence-corrected chi connectivity index (χ0v) is 11.9. The molecule has 0 N–H and O–H groups in total. The molecule has 0 unspecified atom stereocenters. The number of aryl methyl sites for hydroxylation is 2. The lowest BCUT2D eigenvalue weighted by atomic mass is 10.2. The molecule has 0 bridgehead atoms. The Labute approximate surface area is 115 Å². The molecular formula is C13H16BrN3O. The van der Waals surface area contributed by atoms with Gasteiger partial charge in [0.05, 0.1) is 12.2 Å². The Kier molecular flexibility index (Phi) is 4.75. The second kappa shape index (κ2) is 6.54. The first-order chi connectivity index (χ1) is 8.78. The summed E-state index contributed by atoms with van der Waals surface area (Å²) in [7, 11) is 0. The van der Waals surface area contributed by atoms with Crippen LogP contribution in [0.15, 0.2) is 30.5 Å². The van der Waals surface area contributed by atoms with E-state index in [-0.39, 0.29) is 0 Å². The average molecular weight is 310 g/mol. The predicted molar refractivity (Wildman–Crippen MR) is 74.2 cm³/mol. The Morgan fingerprint density at radius 1 is 1.39 bits per heavy atom. The molecule has 2 aromatic rings. The van der Waals surface area contributed by atoms with Gasteiger partial charge >= 0.3 is 0 Å². The Hall–Kier alpha value is -1.36. The fraction of sp³-hybridized carbons (Fsp3) is 0.385. The zero-order chi connectivity index (χ0) is 12.8. The van der Waals surface area contributed by atoms with Gasteiger partial charge in [0.15, 0.2) is 0 Å². The lowest BCUT2D eigenvalue weighted by molar-refractivity contribution is 0.289. The minimum atomic E-state index is 0.598. The Bertz CT molecular complexity index is 498. The van der Waals surface area contributed by atoms with Gasteiger partial charge in [0.25, 0.3) is 0 Å². The van der Waals surface area contributed by atoms with Gasteiger partial charge in [0.2, 0.25) is 0 Å². The molecule has 96 valence electrons. The van der Waals surface area contributed by atoms with E-state index in [0.717, 1.165) is 23.2 Å². The number of aromatic nitrogens is 3. The van der Waals surface area contributed by atoms with Gasteiger partial charge in [0, 0.05) is 17.9 Å². The summed E-state index contributed by atoms with van der Waals surface area (Å²) in [6.45, 7) is 3.36. The number of rotatable bonds is 6. The van der Waals surface area contributed by atoms with E-state index in [2.05, 4.69) is 39.2 Å². The Balaban J connectivity index is 1.81. The Morgan fingerprint density at radius 2 is 2.28 bits per heavy atom. The van der Waals surface area contributed by atoms with Crippen LogP contribution in [0.25, 0.3) is 0 Å². The lowest BCUT2D eigenvalue weighted by Gasteiger charge is -2.06. The molecule has 0 spiro atoms. The molecule has 1 aromatic carbocycles. The van der Waals surface area contributed by atoms with Crippen LogP contribution in [0.4, 0.5) is 0 Å². The standard InChI is InChI=1S/C13H16BrN3O/c1-11-3-2-4-13(9-11)18-8-7-17-10-12(5-6-14)15-16-17/h2-4,9-10H,5-8H2,1H3. The molecule has 0 atom stereocenters. The Morgan fingerprint density at radius 3 is 3.06 bits per heavy atom. The molecule has 0 saturated heterocycles.